The van der Waals surface area contributed by atoms with Crippen molar-refractivity contribution in [1.29, 1.82) is 0 Å². The first-order chi connectivity index (χ1) is 16.5. The largest absolute Gasteiger partial charge is 0.482 e. The predicted molar refractivity (Wildman–Crippen MR) is 143 cm³/mol. The Balaban J connectivity index is 6.27. The average Bonchev–Trinajstić information content (AvgIpc) is 2.81. The highest BCUT2D eigenvalue weighted by atomic mass is 31.2. The summed E-state index contributed by atoms with van der Waals surface area (Å²) < 4.78 is 32.0. The maximum atomic E-state index is 14.3. The Morgan fingerprint density at radius 1 is 0.457 bits per heavy atom. The summed E-state index contributed by atoms with van der Waals surface area (Å²) in [6.07, 6.45) is 10.6. The number of rotatable bonds is 24. The molecule has 35 heavy (non-hydrogen) atoms. The highest BCUT2D eigenvalue weighted by Crippen LogP contribution is 2.60. The van der Waals surface area contributed by atoms with Gasteiger partial charge in [-0.05, 0) is 38.5 Å². The van der Waals surface area contributed by atoms with E-state index < -0.39 is 25.2 Å². The molecule has 0 aliphatic carbocycles. The molecule has 0 spiro atoms. The Morgan fingerprint density at radius 2 is 0.629 bits per heavy atom. The van der Waals surface area contributed by atoms with E-state index in [0.717, 1.165) is 38.5 Å². The predicted octanol–water partition coefficient (Wildman–Crippen LogP) is 8.35. The summed E-state index contributed by atoms with van der Waals surface area (Å²) in [7, 11) is -4.58. The quantitative estimate of drug-likeness (QED) is 0.0860. The summed E-state index contributed by atoms with van der Waals surface area (Å²) in [5, 5.41) is 34.2. The third-order valence-electron chi connectivity index (χ3n) is 6.37. The van der Waals surface area contributed by atoms with Crippen molar-refractivity contribution in [3.05, 3.63) is 0 Å². The Kier molecular flexibility index (Phi) is 18.3. The minimum Gasteiger partial charge on any atom is -0.365 e. The van der Waals surface area contributed by atoms with Gasteiger partial charge in [0.05, 0.1) is 0 Å². The molecule has 0 aromatic rings. The number of hydrogen-bond acceptors (Lipinski definition) is 7. The van der Waals surface area contributed by atoms with Gasteiger partial charge in [0.25, 0.3) is 0 Å². The number of unbranched alkanes of at least 4 members (excludes halogenated alkanes) is 6. The summed E-state index contributed by atoms with van der Waals surface area (Å²) in [6, 6.07) is 0. The van der Waals surface area contributed by atoms with E-state index in [9.17, 15) is 19.9 Å². The molecule has 0 amide bonds. The van der Waals surface area contributed by atoms with Crippen LogP contribution in [0.3, 0.4) is 0 Å². The van der Waals surface area contributed by atoms with Crippen LogP contribution in [0.5, 0.6) is 0 Å². The Bertz CT molecular complexity index is 470. The molecule has 0 saturated carbocycles. The molecule has 0 bridgehead atoms. The van der Waals surface area contributed by atoms with E-state index in [1.54, 1.807) is 0 Å². The van der Waals surface area contributed by atoms with Crippen LogP contribution in [-0.4, -0.2) is 32.7 Å². The summed E-state index contributed by atoms with van der Waals surface area (Å²) in [6.45, 7) is 12.1. The zero-order valence-electron chi connectivity index (χ0n) is 23.6. The lowest BCUT2D eigenvalue weighted by Crippen LogP contribution is -2.39. The van der Waals surface area contributed by atoms with Gasteiger partial charge in [-0.25, -0.2) is 4.57 Å². The minimum absolute atomic E-state index is 0.269. The van der Waals surface area contributed by atoms with Gasteiger partial charge in [0.15, 0.2) is 17.4 Å². The van der Waals surface area contributed by atoms with Gasteiger partial charge in [0.1, 0.15) is 0 Å². The minimum atomic E-state index is -4.58. The molecular formula is C27H57O7P. The molecule has 7 nitrogen and oxygen atoms in total. The van der Waals surface area contributed by atoms with Crippen LogP contribution >= 0.6 is 7.82 Å². The van der Waals surface area contributed by atoms with Crippen molar-refractivity contribution in [2.75, 3.05) is 0 Å². The monoisotopic (exact) mass is 524 g/mol. The van der Waals surface area contributed by atoms with Gasteiger partial charge >= 0.3 is 7.82 Å². The number of phosphoric ester groups is 1. The van der Waals surface area contributed by atoms with Crippen LogP contribution in [0, 0.1) is 0 Å². The second-order valence-corrected chi connectivity index (χ2v) is 11.6. The van der Waals surface area contributed by atoms with Gasteiger partial charge < -0.3 is 15.3 Å². The lowest BCUT2D eigenvalue weighted by atomic mass is 10.0. The fourth-order valence-electron chi connectivity index (χ4n) is 4.05. The van der Waals surface area contributed by atoms with Gasteiger partial charge in [-0.15, -0.1) is 0 Å². The van der Waals surface area contributed by atoms with Crippen LogP contribution in [0.1, 0.15) is 157 Å². The van der Waals surface area contributed by atoms with Crippen LogP contribution in [0.25, 0.3) is 0 Å². The first kappa shape index (κ1) is 35.0. The molecule has 0 aromatic carbocycles. The Hall–Kier alpha value is -0.0100. The molecular weight excluding hydrogens is 467 g/mol. The van der Waals surface area contributed by atoms with Crippen molar-refractivity contribution < 1.29 is 33.5 Å². The van der Waals surface area contributed by atoms with Crippen molar-refractivity contribution in [1.82, 2.24) is 0 Å². The molecule has 0 radical (unpaired) electrons. The van der Waals surface area contributed by atoms with E-state index in [0.29, 0.717) is 38.5 Å². The van der Waals surface area contributed by atoms with Crippen LogP contribution in [0.4, 0.5) is 0 Å². The number of aliphatic hydroxyl groups is 3. The molecule has 0 saturated heterocycles. The molecule has 0 aromatic heterocycles. The summed E-state index contributed by atoms with van der Waals surface area (Å²) in [4.78, 5) is 0. The van der Waals surface area contributed by atoms with E-state index in [1.165, 1.54) is 0 Å². The first-order valence-electron chi connectivity index (χ1n) is 14.4. The van der Waals surface area contributed by atoms with E-state index in [-0.39, 0.29) is 38.5 Å². The van der Waals surface area contributed by atoms with Crippen molar-refractivity contribution in [2.45, 2.75) is 174 Å². The molecule has 0 rings (SSSR count). The van der Waals surface area contributed by atoms with Gasteiger partial charge in [-0.3, -0.25) is 13.6 Å². The maximum absolute atomic E-state index is 14.3. The SMILES string of the molecule is CCCCC(O)(CCCC)OP(=O)(OC(O)(CCCC)CCCC)OC(O)(CCCC)CCCC. The Labute approximate surface area is 216 Å². The summed E-state index contributed by atoms with van der Waals surface area (Å²) in [5.74, 6) is -5.18. The molecule has 3 N–H and O–H groups in total. The van der Waals surface area contributed by atoms with E-state index in [1.807, 2.05) is 41.5 Å². The zero-order valence-corrected chi connectivity index (χ0v) is 24.5. The fourth-order valence-corrected chi connectivity index (χ4v) is 5.96. The maximum Gasteiger partial charge on any atom is 0.482 e. The van der Waals surface area contributed by atoms with E-state index in [4.69, 9.17) is 13.6 Å². The third kappa shape index (κ3) is 15.1. The van der Waals surface area contributed by atoms with Gasteiger partial charge in [-0.1, -0.05) is 80.1 Å². The highest BCUT2D eigenvalue weighted by Gasteiger charge is 2.49. The molecule has 8 heteroatoms. The molecule has 0 aliphatic heterocycles. The smallest absolute Gasteiger partial charge is 0.365 e. The van der Waals surface area contributed by atoms with Crippen LogP contribution in [0.2, 0.25) is 0 Å². The van der Waals surface area contributed by atoms with E-state index >= 15 is 0 Å². The lowest BCUT2D eigenvalue weighted by molar-refractivity contribution is -0.232. The van der Waals surface area contributed by atoms with Crippen LogP contribution in [-0.2, 0) is 18.1 Å². The first-order valence-corrected chi connectivity index (χ1v) is 15.8. The van der Waals surface area contributed by atoms with Crippen molar-refractivity contribution in [3.8, 4) is 0 Å². The van der Waals surface area contributed by atoms with E-state index in [2.05, 4.69) is 0 Å². The normalized spacial score (nSPS) is 13.5. The molecule has 0 fully saturated rings. The van der Waals surface area contributed by atoms with Crippen LogP contribution in [0.15, 0.2) is 0 Å². The Morgan fingerprint density at radius 3 is 0.771 bits per heavy atom. The van der Waals surface area contributed by atoms with Gasteiger partial charge in [0.2, 0.25) is 0 Å². The lowest BCUT2D eigenvalue weighted by Gasteiger charge is -2.39. The van der Waals surface area contributed by atoms with Gasteiger partial charge in [-0.2, -0.15) is 0 Å². The second-order valence-electron chi connectivity index (χ2n) is 10.2. The highest BCUT2D eigenvalue weighted by molar-refractivity contribution is 7.48. The molecule has 212 valence electrons. The molecule has 0 heterocycles. The molecule has 0 unspecified atom stereocenters. The van der Waals surface area contributed by atoms with Crippen molar-refractivity contribution in [2.24, 2.45) is 0 Å². The average molecular weight is 525 g/mol. The molecule has 0 atom stereocenters. The topological polar surface area (TPSA) is 105 Å². The molecule has 0 aliphatic rings. The standard InChI is InChI=1S/C27H57O7P/c1-7-13-19-25(28,20-14-8-2)32-35(31,33-26(29,21-15-9-3)22-16-10-4)34-27(30,23-17-11-5)24-18-12-6/h28-30H,7-24H2,1-6H3. The van der Waals surface area contributed by atoms with Gasteiger partial charge in [0, 0.05) is 38.5 Å². The number of phosphoric acid groups is 1. The zero-order chi connectivity index (χ0) is 26.8. The second kappa shape index (κ2) is 18.3. The van der Waals surface area contributed by atoms with Crippen molar-refractivity contribution in [3.63, 3.8) is 0 Å². The third-order valence-corrected chi connectivity index (χ3v) is 8.06. The fraction of sp³-hybridized carbons (Fsp3) is 1.00. The summed E-state index contributed by atoms with van der Waals surface area (Å²) in [5.41, 5.74) is 0. The summed E-state index contributed by atoms with van der Waals surface area (Å²) >= 11 is 0. The van der Waals surface area contributed by atoms with Crippen molar-refractivity contribution >= 4 is 7.82 Å². The van der Waals surface area contributed by atoms with Crippen LogP contribution < -0.4 is 0 Å². The number of hydrogen-bond donors (Lipinski definition) is 3.